The normalized spacial score (nSPS) is 18.3. The van der Waals surface area contributed by atoms with Crippen LogP contribution in [0.25, 0.3) is 0 Å². The largest absolute Gasteiger partial charge is 0.468 e. The number of carbonyl (C=O) groups excluding carboxylic acids is 2. The molecule has 1 saturated heterocycles. The van der Waals surface area contributed by atoms with E-state index in [9.17, 15) is 9.59 Å². The van der Waals surface area contributed by atoms with Crippen molar-refractivity contribution in [3.8, 4) is 0 Å². The van der Waals surface area contributed by atoms with Gasteiger partial charge in [-0.05, 0) is 53.6 Å². The van der Waals surface area contributed by atoms with E-state index in [4.69, 9.17) is 9.47 Å². The fourth-order valence-electron chi connectivity index (χ4n) is 2.55. The third-order valence-electron chi connectivity index (χ3n) is 3.72. The molecule has 0 saturated carbocycles. The van der Waals surface area contributed by atoms with Crippen LogP contribution in [0.5, 0.6) is 0 Å². The summed E-state index contributed by atoms with van der Waals surface area (Å²) in [5, 5.41) is 6.07. The second-order valence-electron chi connectivity index (χ2n) is 6.96. The summed E-state index contributed by atoms with van der Waals surface area (Å²) in [4.78, 5) is 25.3. The highest BCUT2D eigenvalue weighted by Crippen LogP contribution is 2.11. The first-order valence-corrected chi connectivity index (χ1v) is 8.24. The van der Waals surface area contributed by atoms with Crippen LogP contribution < -0.4 is 10.6 Å². The zero-order chi connectivity index (χ0) is 17.5. The van der Waals surface area contributed by atoms with Gasteiger partial charge >= 0.3 is 12.1 Å². The van der Waals surface area contributed by atoms with Crippen LogP contribution in [0.1, 0.15) is 40.5 Å². The number of carbonyl (C=O) groups is 2. The third kappa shape index (κ3) is 8.18. The number of nitrogens with zero attached hydrogens (tertiary/aromatic N) is 1. The molecule has 7 nitrogen and oxygen atoms in total. The molecular formula is C16H31N3O4. The molecule has 1 heterocycles. The molecule has 134 valence electrons. The topological polar surface area (TPSA) is 79.9 Å². The van der Waals surface area contributed by atoms with Gasteiger partial charge in [-0.1, -0.05) is 0 Å². The molecule has 0 aromatic rings. The van der Waals surface area contributed by atoms with Crippen LogP contribution >= 0.6 is 0 Å². The van der Waals surface area contributed by atoms with Gasteiger partial charge in [-0.3, -0.25) is 4.79 Å². The van der Waals surface area contributed by atoms with Crippen LogP contribution in [0.4, 0.5) is 4.79 Å². The number of piperidine rings is 1. The molecule has 7 heteroatoms. The van der Waals surface area contributed by atoms with E-state index in [1.54, 1.807) is 0 Å². The first kappa shape index (κ1) is 19.7. The predicted octanol–water partition coefficient (Wildman–Crippen LogP) is 1.13. The Bertz CT molecular complexity index is 387. The Morgan fingerprint density at radius 1 is 1.26 bits per heavy atom. The molecule has 1 aliphatic rings. The fraction of sp³-hybridized carbons (Fsp3) is 0.875. The van der Waals surface area contributed by atoms with E-state index in [1.165, 1.54) is 7.11 Å². The van der Waals surface area contributed by atoms with E-state index in [2.05, 4.69) is 15.5 Å². The van der Waals surface area contributed by atoms with E-state index in [1.807, 2.05) is 27.7 Å². The Hall–Kier alpha value is -1.34. The highest BCUT2D eigenvalue weighted by atomic mass is 16.6. The minimum Gasteiger partial charge on any atom is -0.468 e. The Morgan fingerprint density at radius 2 is 1.87 bits per heavy atom. The Morgan fingerprint density at radius 3 is 2.39 bits per heavy atom. The number of alkyl carbamates (subject to hydrolysis) is 1. The zero-order valence-corrected chi connectivity index (χ0v) is 15.0. The molecule has 0 spiro atoms. The van der Waals surface area contributed by atoms with Crippen molar-refractivity contribution in [1.82, 2.24) is 15.5 Å². The Labute approximate surface area is 139 Å². The van der Waals surface area contributed by atoms with Crippen LogP contribution in [0, 0.1) is 0 Å². The van der Waals surface area contributed by atoms with Crippen molar-refractivity contribution in [3.63, 3.8) is 0 Å². The first-order chi connectivity index (χ1) is 10.7. The fourth-order valence-corrected chi connectivity index (χ4v) is 2.55. The lowest BCUT2D eigenvalue weighted by Gasteiger charge is -2.33. The summed E-state index contributed by atoms with van der Waals surface area (Å²) in [6.45, 7) is 10.6. The van der Waals surface area contributed by atoms with E-state index in [0.29, 0.717) is 12.6 Å². The molecule has 1 atom stereocenters. The molecule has 1 rings (SSSR count). The number of hydrogen-bond acceptors (Lipinski definition) is 6. The van der Waals surface area contributed by atoms with Crippen molar-refractivity contribution in [3.05, 3.63) is 0 Å². The maximum atomic E-state index is 11.6. The quantitative estimate of drug-likeness (QED) is 0.711. The maximum Gasteiger partial charge on any atom is 0.407 e. The summed E-state index contributed by atoms with van der Waals surface area (Å²) < 4.78 is 9.92. The lowest BCUT2D eigenvalue weighted by molar-refractivity contribution is -0.142. The van der Waals surface area contributed by atoms with Crippen molar-refractivity contribution in [2.24, 2.45) is 0 Å². The molecule has 23 heavy (non-hydrogen) atoms. The first-order valence-electron chi connectivity index (χ1n) is 8.24. The van der Waals surface area contributed by atoms with Crippen molar-refractivity contribution in [2.75, 3.05) is 33.3 Å². The number of rotatable bonds is 6. The molecule has 1 fully saturated rings. The summed E-state index contributed by atoms with van der Waals surface area (Å²) in [7, 11) is 1.40. The van der Waals surface area contributed by atoms with Gasteiger partial charge in [-0.25, -0.2) is 4.79 Å². The predicted molar refractivity (Wildman–Crippen MR) is 88.3 cm³/mol. The molecule has 0 aliphatic carbocycles. The monoisotopic (exact) mass is 329 g/mol. The van der Waals surface area contributed by atoms with Gasteiger partial charge < -0.3 is 25.0 Å². The Balaban J connectivity index is 2.17. The van der Waals surface area contributed by atoms with Gasteiger partial charge in [0.25, 0.3) is 0 Å². The smallest absolute Gasteiger partial charge is 0.407 e. The number of esters is 1. The van der Waals surface area contributed by atoms with Crippen molar-refractivity contribution in [2.45, 2.75) is 58.2 Å². The summed E-state index contributed by atoms with van der Waals surface area (Å²) in [5.41, 5.74) is -0.468. The van der Waals surface area contributed by atoms with Crippen LogP contribution in [0.2, 0.25) is 0 Å². The number of hydrogen-bond donors (Lipinski definition) is 2. The van der Waals surface area contributed by atoms with Crippen molar-refractivity contribution < 1.29 is 19.1 Å². The molecule has 0 bridgehead atoms. The van der Waals surface area contributed by atoms with Gasteiger partial charge in [0, 0.05) is 19.1 Å². The van der Waals surface area contributed by atoms with Crippen molar-refractivity contribution in [1.29, 1.82) is 0 Å². The minimum atomic E-state index is -0.468. The van der Waals surface area contributed by atoms with Gasteiger partial charge in [0.1, 0.15) is 11.6 Å². The van der Waals surface area contributed by atoms with Gasteiger partial charge in [-0.15, -0.1) is 0 Å². The molecule has 1 aliphatic heterocycles. The second kappa shape index (κ2) is 9.08. The molecule has 0 unspecified atom stereocenters. The van der Waals surface area contributed by atoms with Crippen LogP contribution in [-0.4, -0.2) is 67.9 Å². The number of ether oxygens (including phenoxy) is 2. The van der Waals surface area contributed by atoms with Gasteiger partial charge in [0.15, 0.2) is 0 Å². The van der Waals surface area contributed by atoms with Crippen LogP contribution in [-0.2, 0) is 14.3 Å². The van der Waals surface area contributed by atoms with E-state index >= 15 is 0 Å². The van der Waals surface area contributed by atoms with Gasteiger partial charge in [0.05, 0.1) is 7.11 Å². The molecule has 0 aromatic carbocycles. The van der Waals surface area contributed by atoms with E-state index in [-0.39, 0.29) is 18.1 Å². The van der Waals surface area contributed by atoms with E-state index < -0.39 is 5.60 Å². The standard InChI is InChI=1S/C16H31N3O4/c1-12(14(20)22-5)18-13-6-9-19(10-7-13)11-8-17-15(21)23-16(2,3)4/h12-13,18H,6-11H2,1-5H3,(H,17,21)/t12-/m0/s1. The highest BCUT2D eigenvalue weighted by molar-refractivity contribution is 5.75. The number of methoxy groups -OCH3 is 1. The summed E-state index contributed by atoms with van der Waals surface area (Å²) in [5.74, 6) is -0.228. The van der Waals surface area contributed by atoms with Gasteiger partial charge in [0.2, 0.25) is 0 Å². The van der Waals surface area contributed by atoms with Gasteiger partial charge in [-0.2, -0.15) is 0 Å². The van der Waals surface area contributed by atoms with E-state index in [0.717, 1.165) is 32.5 Å². The molecule has 0 aromatic heterocycles. The third-order valence-corrected chi connectivity index (χ3v) is 3.72. The van der Waals surface area contributed by atoms with Crippen LogP contribution in [0.15, 0.2) is 0 Å². The maximum absolute atomic E-state index is 11.6. The SMILES string of the molecule is COC(=O)[C@H](C)NC1CCN(CCNC(=O)OC(C)(C)C)CC1. The Kier molecular flexibility index (Phi) is 7.78. The number of likely N-dealkylation sites (tertiary alicyclic amines) is 1. The molecule has 2 N–H and O–H groups in total. The average molecular weight is 329 g/mol. The number of nitrogens with one attached hydrogen (secondary N) is 2. The average Bonchev–Trinajstić information content (AvgIpc) is 2.46. The zero-order valence-electron chi connectivity index (χ0n) is 15.0. The minimum absolute atomic E-state index is 0.228. The molecule has 1 amide bonds. The van der Waals surface area contributed by atoms with Crippen LogP contribution in [0.3, 0.4) is 0 Å². The lowest BCUT2D eigenvalue weighted by Crippen LogP contribution is -2.49. The molecular weight excluding hydrogens is 298 g/mol. The summed E-state index contributed by atoms with van der Waals surface area (Å²) in [6.07, 6.45) is 1.59. The highest BCUT2D eigenvalue weighted by Gasteiger charge is 2.23. The number of amides is 1. The molecule has 0 radical (unpaired) electrons. The second-order valence-corrected chi connectivity index (χ2v) is 6.96. The summed E-state index contributed by atoms with van der Waals surface area (Å²) in [6, 6.07) is 0.0598. The lowest BCUT2D eigenvalue weighted by atomic mass is 10.0. The summed E-state index contributed by atoms with van der Waals surface area (Å²) >= 11 is 0. The van der Waals surface area contributed by atoms with Crippen molar-refractivity contribution >= 4 is 12.1 Å².